The number of aryl methyl sites for hydroxylation is 1. The number of hydrogen-bond donors (Lipinski definition) is 1. The van der Waals surface area contributed by atoms with Gasteiger partial charge in [-0.25, -0.2) is 0 Å². The molecule has 0 bridgehead atoms. The minimum atomic E-state index is -4.34. The van der Waals surface area contributed by atoms with Crippen molar-refractivity contribution < 1.29 is 22.7 Å². The summed E-state index contributed by atoms with van der Waals surface area (Å²) in [7, 11) is 0. The molecule has 0 radical (unpaired) electrons. The summed E-state index contributed by atoms with van der Waals surface area (Å²) < 4.78 is 41.8. The predicted molar refractivity (Wildman–Crippen MR) is 68.7 cm³/mol. The largest absolute Gasteiger partial charge is 0.466 e. The zero-order valence-electron chi connectivity index (χ0n) is 11.1. The summed E-state index contributed by atoms with van der Waals surface area (Å²) in [5.74, 6) is -0.454. The van der Waals surface area contributed by atoms with Crippen molar-refractivity contribution in [2.75, 3.05) is 6.61 Å². The number of carbonyl (C=O) groups excluding carboxylic acids is 1. The smallest absolute Gasteiger partial charge is 0.416 e. The highest BCUT2D eigenvalue weighted by molar-refractivity contribution is 5.97. The maximum Gasteiger partial charge on any atom is 0.416 e. The van der Waals surface area contributed by atoms with Crippen molar-refractivity contribution in [3.8, 4) is 0 Å². The molecule has 0 saturated heterocycles. The molecular weight excluding hydrogens is 271 g/mol. The second-order valence-corrected chi connectivity index (χ2v) is 4.28. The van der Waals surface area contributed by atoms with Crippen molar-refractivity contribution in [1.82, 2.24) is 0 Å². The lowest BCUT2D eigenvalue weighted by molar-refractivity contribution is -0.141. The molecule has 0 heterocycles. The number of benzene rings is 1. The Labute approximate surface area is 115 Å². The van der Waals surface area contributed by atoms with Gasteiger partial charge in [0.15, 0.2) is 0 Å². The van der Waals surface area contributed by atoms with Gasteiger partial charge in [-0.3, -0.25) is 4.79 Å². The Kier molecular flexibility index (Phi) is 5.73. The van der Waals surface area contributed by atoms with Crippen LogP contribution >= 0.6 is 0 Å². The number of nitrogens with one attached hydrogen (secondary N) is 1. The number of carbonyl (C=O) groups is 1. The van der Waals surface area contributed by atoms with Crippen molar-refractivity contribution in [3.05, 3.63) is 35.4 Å². The normalized spacial score (nSPS) is 11.2. The SMILES string of the molecule is CCOC(=O)CC(=N)CCc1ccc(C(F)(F)F)cc1. The van der Waals surface area contributed by atoms with Crippen LogP contribution in [0.2, 0.25) is 0 Å². The highest BCUT2D eigenvalue weighted by atomic mass is 19.4. The lowest BCUT2D eigenvalue weighted by Gasteiger charge is -2.08. The van der Waals surface area contributed by atoms with Gasteiger partial charge in [0, 0.05) is 5.71 Å². The van der Waals surface area contributed by atoms with Crippen LogP contribution in [0.5, 0.6) is 0 Å². The average molecular weight is 287 g/mol. The number of rotatable bonds is 6. The van der Waals surface area contributed by atoms with Crippen LogP contribution in [0.3, 0.4) is 0 Å². The van der Waals surface area contributed by atoms with Crippen molar-refractivity contribution in [3.63, 3.8) is 0 Å². The number of esters is 1. The molecule has 110 valence electrons. The van der Waals surface area contributed by atoms with E-state index < -0.39 is 17.7 Å². The molecule has 0 aliphatic carbocycles. The zero-order valence-corrected chi connectivity index (χ0v) is 11.1. The van der Waals surface area contributed by atoms with Crippen molar-refractivity contribution >= 4 is 11.7 Å². The minimum Gasteiger partial charge on any atom is -0.466 e. The maximum absolute atomic E-state index is 12.4. The van der Waals surface area contributed by atoms with E-state index in [0.29, 0.717) is 18.4 Å². The molecule has 0 saturated carbocycles. The Hall–Kier alpha value is -1.85. The molecule has 0 amide bonds. The fraction of sp³-hybridized carbons (Fsp3) is 0.429. The van der Waals surface area contributed by atoms with E-state index in [0.717, 1.165) is 12.1 Å². The third-order valence-corrected chi connectivity index (χ3v) is 2.66. The van der Waals surface area contributed by atoms with Crippen LogP contribution in [0.4, 0.5) is 13.2 Å². The monoisotopic (exact) mass is 287 g/mol. The topological polar surface area (TPSA) is 50.2 Å². The average Bonchev–Trinajstić information content (AvgIpc) is 2.36. The fourth-order valence-corrected chi connectivity index (χ4v) is 1.63. The number of ether oxygens (including phenoxy) is 1. The molecular formula is C14H16F3NO2. The Morgan fingerprint density at radius 2 is 1.85 bits per heavy atom. The molecule has 1 N–H and O–H groups in total. The Balaban J connectivity index is 2.46. The predicted octanol–water partition coefficient (Wildman–Crippen LogP) is 3.61. The summed E-state index contributed by atoms with van der Waals surface area (Å²) in [5, 5.41) is 7.61. The summed E-state index contributed by atoms with van der Waals surface area (Å²) in [6.45, 7) is 1.95. The minimum absolute atomic E-state index is 0.0749. The summed E-state index contributed by atoms with van der Waals surface area (Å²) in [6, 6.07) is 4.82. The van der Waals surface area contributed by atoms with Gasteiger partial charge < -0.3 is 10.1 Å². The van der Waals surface area contributed by atoms with Gasteiger partial charge in [0.2, 0.25) is 0 Å². The van der Waals surface area contributed by atoms with E-state index >= 15 is 0 Å². The van der Waals surface area contributed by atoms with Crippen LogP contribution in [0.1, 0.15) is 30.9 Å². The van der Waals surface area contributed by atoms with Crippen molar-refractivity contribution in [2.24, 2.45) is 0 Å². The molecule has 0 aliphatic heterocycles. The van der Waals surface area contributed by atoms with Gasteiger partial charge >= 0.3 is 12.1 Å². The first-order chi connectivity index (χ1) is 9.32. The first-order valence-corrected chi connectivity index (χ1v) is 6.21. The van der Waals surface area contributed by atoms with Gasteiger partial charge in [-0.2, -0.15) is 13.2 Å². The van der Waals surface area contributed by atoms with Crippen LogP contribution < -0.4 is 0 Å². The van der Waals surface area contributed by atoms with E-state index in [2.05, 4.69) is 0 Å². The van der Waals surface area contributed by atoms with Crippen LogP contribution in [0, 0.1) is 5.41 Å². The van der Waals surface area contributed by atoms with Crippen LogP contribution in [0.15, 0.2) is 24.3 Å². The van der Waals surface area contributed by atoms with E-state index in [1.165, 1.54) is 12.1 Å². The quantitative estimate of drug-likeness (QED) is 0.642. The van der Waals surface area contributed by atoms with Gasteiger partial charge in [0.25, 0.3) is 0 Å². The lowest BCUT2D eigenvalue weighted by Crippen LogP contribution is -2.11. The fourth-order valence-electron chi connectivity index (χ4n) is 1.63. The van der Waals surface area contributed by atoms with E-state index in [-0.39, 0.29) is 18.7 Å². The Morgan fingerprint density at radius 3 is 2.35 bits per heavy atom. The summed E-state index contributed by atoms with van der Waals surface area (Å²) >= 11 is 0. The van der Waals surface area contributed by atoms with Gasteiger partial charge in [-0.15, -0.1) is 0 Å². The molecule has 20 heavy (non-hydrogen) atoms. The van der Waals surface area contributed by atoms with Crippen LogP contribution in [0.25, 0.3) is 0 Å². The van der Waals surface area contributed by atoms with E-state index in [1.54, 1.807) is 6.92 Å². The number of hydrogen-bond acceptors (Lipinski definition) is 3. The van der Waals surface area contributed by atoms with E-state index in [4.69, 9.17) is 10.1 Å². The van der Waals surface area contributed by atoms with Crippen molar-refractivity contribution in [1.29, 1.82) is 5.41 Å². The molecule has 1 aromatic carbocycles. The third-order valence-electron chi connectivity index (χ3n) is 2.66. The van der Waals surface area contributed by atoms with E-state index in [9.17, 15) is 18.0 Å². The number of alkyl halides is 3. The molecule has 0 aromatic heterocycles. The first kappa shape index (κ1) is 16.2. The standard InChI is InChI=1S/C14H16F3NO2/c1-2-20-13(19)9-12(18)8-5-10-3-6-11(7-4-10)14(15,16)17/h3-4,6-7,18H,2,5,8-9H2,1H3. The third kappa shape index (κ3) is 5.42. The lowest BCUT2D eigenvalue weighted by atomic mass is 10.0. The summed E-state index contributed by atoms with van der Waals surface area (Å²) in [4.78, 5) is 11.1. The van der Waals surface area contributed by atoms with Gasteiger partial charge in [-0.05, 0) is 37.5 Å². The summed E-state index contributed by atoms with van der Waals surface area (Å²) in [5.41, 5.74) is 0.220. The van der Waals surface area contributed by atoms with Gasteiger partial charge in [0.05, 0.1) is 18.6 Å². The Bertz CT molecular complexity index is 466. The number of halogens is 3. The highest BCUT2D eigenvalue weighted by Gasteiger charge is 2.29. The molecule has 0 spiro atoms. The molecule has 0 aliphatic rings. The molecule has 6 heteroatoms. The zero-order chi connectivity index (χ0) is 15.2. The second-order valence-electron chi connectivity index (χ2n) is 4.28. The van der Waals surface area contributed by atoms with E-state index in [1.807, 2.05) is 0 Å². The maximum atomic E-state index is 12.4. The van der Waals surface area contributed by atoms with Crippen molar-refractivity contribution in [2.45, 2.75) is 32.4 Å². The molecule has 3 nitrogen and oxygen atoms in total. The van der Waals surface area contributed by atoms with Gasteiger partial charge in [0.1, 0.15) is 0 Å². The molecule has 0 fully saturated rings. The molecule has 0 unspecified atom stereocenters. The second kappa shape index (κ2) is 7.07. The van der Waals surface area contributed by atoms with Crippen LogP contribution in [-0.2, 0) is 22.1 Å². The molecule has 0 atom stereocenters. The van der Waals surface area contributed by atoms with Crippen LogP contribution in [-0.4, -0.2) is 18.3 Å². The highest BCUT2D eigenvalue weighted by Crippen LogP contribution is 2.29. The first-order valence-electron chi connectivity index (χ1n) is 6.21. The molecule has 1 rings (SSSR count). The van der Waals surface area contributed by atoms with Gasteiger partial charge in [-0.1, -0.05) is 12.1 Å². The Morgan fingerprint density at radius 1 is 1.25 bits per heavy atom. The summed E-state index contributed by atoms with van der Waals surface area (Å²) in [6.07, 6.45) is -3.66. The molecule has 1 aromatic rings.